The van der Waals surface area contributed by atoms with Crippen LogP contribution in [0.3, 0.4) is 0 Å². The van der Waals surface area contributed by atoms with E-state index in [9.17, 15) is 13.2 Å². The van der Waals surface area contributed by atoms with Crippen molar-refractivity contribution in [2.45, 2.75) is 17.9 Å². The van der Waals surface area contributed by atoms with Gasteiger partial charge in [-0.2, -0.15) is 0 Å². The maximum atomic E-state index is 12.4. The molecule has 30 heavy (non-hydrogen) atoms. The average Bonchev–Trinajstić information content (AvgIpc) is 2.74. The van der Waals surface area contributed by atoms with Crippen LogP contribution in [0.15, 0.2) is 53.4 Å². The molecule has 1 saturated heterocycles. The van der Waals surface area contributed by atoms with Crippen LogP contribution in [0, 0.1) is 0 Å². The number of sulfonamides is 1. The number of piperazine rings is 1. The summed E-state index contributed by atoms with van der Waals surface area (Å²) < 4.78 is 32.2. The van der Waals surface area contributed by atoms with E-state index in [0.717, 1.165) is 25.4 Å². The molecule has 3 rings (SSSR count). The van der Waals surface area contributed by atoms with E-state index in [1.54, 1.807) is 24.1 Å². The van der Waals surface area contributed by atoms with Crippen molar-refractivity contribution in [3.63, 3.8) is 0 Å². The average molecular weight is 452 g/mol. The van der Waals surface area contributed by atoms with E-state index >= 15 is 0 Å². The third kappa shape index (κ3) is 6.18. The van der Waals surface area contributed by atoms with E-state index in [4.69, 9.17) is 16.3 Å². The van der Waals surface area contributed by atoms with Crippen LogP contribution >= 0.6 is 11.6 Å². The number of hydrogen-bond acceptors (Lipinski definition) is 5. The number of benzene rings is 2. The molecule has 0 saturated carbocycles. The number of carbonyl (C=O) groups is 1. The van der Waals surface area contributed by atoms with Gasteiger partial charge in [0.1, 0.15) is 5.75 Å². The van der Waals surface area contributed by atoms with Crippen LogP contribution in [0.25, 0.3) is 0 Å². The SMILES string of the molecule is COc1ccc(CN2CCN(C(=O)CCNS(=O)(=O)c3cccc(Cl)c3)CC2)cc1. The number of carbonyl (C=O) groups excluding carboxylic acids is 1. The number of rotatable bonds is 8. The van der Waals surface area contributed by atoms with Gasteiger partial charge in [0.15, 0.2) is 0 Å². The van der Waals surface area contributed by atoms with Gasteiger partial charge in [0.25, 0.3) is 0 Å². The van der Waals surface area contributed by atoms with Gasteiger partial charge < -0.3 is 9.64 Å². The summed E-state index contributed by atoms with van der Waals surface area (Å²) in [5.74, 6) is 0.785. The quantitative estimate of drug-likeness (QED) is 0.666. The molecule has 0 atom stereocenters. The molecule has 1 amide bonds. The molecule has 1 N–H and O–H groups in total. The molecule has 2 aromatic rings. The lowest BCUT2D eigenvalue weighted by atomic mass is 10.2. The fraction of sp³-hybridized carbons (Fsp3) is 0.381. The van der Waals surface area contributed by atoms with Crippen LogP contribution in [-0.4, -0.2) is 64.0 Å². The highest BCUT2D eigenvalue weighted by molar-refractivity contribution is 7.89. The Hall–Kier alpha value is -2.13. The molecular formula is C21H26ClN3O4S. The zero-order valence-electron chi connectivity index (χ0n) is 16.9. The largest absolute Gasteiger partial charge is 0.497 e. The molecule has 1 heterocycles. The minimum atomic E-state index is -3.68. The van der Waals surface area contributed by atoms with Crippen molar-refractivity contribution in [1.29, 1.82) is 0 Å². The summed E-state index contributed by atoms with van der Waals surface area (Å²) >= 11 is 5.85. The first-order chi connectivity index (χ1) is 14.4. The standard InChI is InChI=1S/C21H26ClN3O4S/c1-29-19-7-5-17(6-8-19)16-24-11-13-25(14-12-24)21(26)9-10-23-30(27,28)20-4-2-3-18(22)15-20/h2-8,15,23H,9-14,16H2,1H3. The summed E-state index contributed by atoms with van der Waals surface area (Å²) in [7, 11) is -2.03. The highest BCUT2D eigenvalue weighted by Crippen LogP contribution is 2.16. The van der Waals surface area contributed by atoms with Crippen LogP contribution < -0.4 is 9.46 Å². The van der Waals surface area contributed by atoms with Crippen LogP contribution in [0.5, 0.6) is 5.75 Å². The molecule has 0 bridgehead atoms. The van der Waals surface area contributed by atoms with Crippen LogP contribution in [-0.2, 0) is 21.4 Å². The molecule has 7 nitrogen and oxygen atoms in total. The summed E-state index contributed by atoms with van der Waals surface area (Å²) in [5.41, 5.74) is 1.20. The van der Waals surface area contributed by atoms with E-state index in [-0.39, 0.29) is 23.8 Å². The number of methoxy groups -OCH3 is 1. The van der Waals surface area contributed by atoms with Crippen molar-refractivity contribution in [3.8, 4) is 5.75 Å². The van der Waals surface area contributed by atoms with Gasteiger partial charge in [-0.05, 0) is 35.9 Å². The number of ether oxygens (including phenoxy) is 1. The summed E-state index contributed by atoms with van der Waals surface area (Å²) in [4.78, 5) is 16.6. The Morgan fingerprint density at radius 3 is 2.43 bits per heavy atom. The summed E-state index contributed by atoms with van der Waals surface area (Å²) in [6, 6.07) is 14.0. The third-order valence-electron chi connectivity index (χ3n) is 5.03. The Balaban J connectivity index is 1.41. The van der Waals surface area contributed by atoms with E-state index in [1.807, 2.05) is 24.3 Å². The molecule has 1 fully saturated rings. The van der Waals surface area contributed by atoms with E-state index in [1.165, 1.54) is 17.7 Å². The fourth-order valence-electron chi connectivity index (χ4n) is 3.31. The molecule has 1 aliphatic heterocycles. The molecule has 162 valence electrons. The summed E-state index contributed by atoms with van der Waals surface area (Å²) in [6.07, 6.45) is 0.123. The van der Waals surface area contributed by atoms with Gasteiger partial charge in [-0.1, -0.05) is 29.8 Å². The van der Waals surface area contributed by atoms with Crippen LogP contribution in [0.4, 0.5) is 0 Å². The Labute approximate surface area is 182 Å². The monoisotopic (exact) mass is 451 g/mol. The molecule has 0 aliphatic carbocycles. The normalized spacial score (nSPS) is 15.2. The molecule has 0 aromatic heterocycles. The third-order valence-corrected chi connectivity index (χ3v) is 6.72. The van der Waals surface area contributed by atoms with Crippen molar-refractivity contribution in [2.75, 3.05) is 39.8 Å². The van der Waals surface area contributed by atoms with Crippen molar-refractivity contribution in [3.05, 3.63) is 59.1 Å². The topological polar surface area (TPSA) is 79.0 Å². The first-order valence-corrected chi connectivity index (χ1v) is 11.6. The number of hydrogen-bond donors (Lipinski definition) is 1. The molecule has 9 heteroatoms. The van der Waals surface area contributed by atoms with Gasteiger partial charge in [0, 0.05) is 50.7 Å². The van der Waals surface area contributed by atoms with Gasteiger partial charge in [-0.3, -0.25) is 9.69 Å². The van der Waals surface area contributed by atoms with Crippen LogP contribution in [0.2, 0.25) is 5.02 Å². The minimum absolute atomic E-state index is 0.0482. The highest BCUT2D eigenvalue weighted by Gasteiger charge is 2.22. The van der Waals surface area contributed by atoms with E-state index in [0.29, 0.717) is 18.1 Å². The lowest BCUT2D eigenvalue weighted by molar-refractivity contribution is -0.132. The zero-order chi connectivity index (χ0) is 21.6. The second-order valence-electron chi connectivity index (χ2n) is 7.11. The Bertz CT molecular complexity index is 958. The number of nitrogens with zero attached hydrogens (tertiary/aromatic N) is 2. The van der Waals surface area contributed by atoms with Gasteiger partial charge in [0.05, 0.1) is 12.0 Å². The predicted octanol–water partition coefficient (Wildman–Crippen LogP) is 2.36. The number of amides is 1. The molecule has 0 spiro atoms. The molecule has 0 radical (unpaired) electrons. The van der Waals surface area contributed by atoms with Crippen molar-refractivity contribution >= 4 is 27.5 Å². The zero-order valence-corrected chi connectivity index (χ0v) is 18.5. The predicted molar refractivity (Wildman–Crippen MR) is 116 cm³/mol. The maximum absolute atomic E-state index is 12.4. The highest BCUT2D eigenvalue weighted by atomic mass is 35.5. The second-order valence-corrected chi connectivity index (χ2v) is 9.31. The fourth-order valence-corrected chi connectivity index (χ4v) is 4.64. The Morgan fingerprint density at radius 1 is 1.10 bits per heavy atom. The smallest absolute Gasteiger partial charge is 0.240 e. The molecule has 2 aromatic carbocycles. The van der Waals surface area contributed by atoms with Gasteiger partial charge in [-0.15, -0.1) is 0 Å². The second kappa shape index (κ2) is 10.3. The first-order valence-electron chi connectivity index (χ1n) is 9.76. The summed E-state index contributed by atoms with van der Waals surface area (Å²) in [5, 5.41) is 0.349. The van der Waals surface area contributed by atoms with E-state index in [2.05, 4.69) is 9.62 Å². The van der Waals surface area contributed by atoms with Gasteiger partial charge in [-0.25, -0.2) is 13.1 Å². The Morgan fingerprint density at radius 2 is 1.80 bits per heavy atom. The first kappa shape index (κ1) is 22.6. The van der Waals surface area contributed by atoms with Crippen molar-refractivity contribution in [1.82, 2.24) is 14.5 Å². The van der Waals surface area contributed by atoms with Crippen LogP contribution in [0.1, 0.15) is 12.0 Å². The molecule has 0 unspecified atom stereocenters. The van der Waals surface area contributed by atoms with E-state index < -0.39 is 10.0 Å². The maximum Gasteiger partial charge on any atom is 0.240 e. The lowest BCUT2D eigenvalue weighted by Crippen LogP contribution is -2.48. The molecular weight excluding hydrogens is 426 g/mol. The number of nitrogens with one attached hydrogen (secondary N) is 1. The van der Waals surface area contributed by atoms with Crippen molar-refractivity contribution in [2.24, 2.45) is 0 Å². The van der Waals surface area contributed by atoms with Gasteiger partial charge >= 0.3 is 0 Å². The molecule has 1 aliphatic rings. The summed E-state index contributed by atoms with van der Waals surface area (Å²) in [6.45, 7) is 3.72. The number of halogens is 1. The Kier molecular flexibility index (Phi) is 7.71. The van der Waals surface area contributed by atoms with Crippen molar-refractivity contribution < 1.29 is 17.9 Å². The lowest BCUT2D eigenvalue weighted by Gasteiger charge is -2.34. The minimum Gasteiger partial charge on any atom is -0.497 e. The van der Waals surface area contributed by atoms with Gasteiger partial charge in [0.2, 0.25) is 15.9 Å².